The summed E-state index contributed by atoms with van der Waals surface area (Å²) in [4.78, 5) is 0. The largest absolute Gasteiger partial charge is 1.00 e. The summed E-state index contributed by atoms with van der Waals surface area (Å²) in [5.74, 6) is 1.43. The van der Waals surface area contributed by atoms with Crippen LogP contribution in [0.5, 0.6) is 5.75 Å². The van der Waals surface area contributed by atoms with Gasteiger partial charge in [0.2, 0.25) is 0 Å². The molecular weight excluding hydrogens is 313 g/mol. The maximum absolute atomic E-state index is 5.94. The molecule has 1 aromatic carbocycles. The van der Waals surface area contributed by atoms with Crippen LogP contribution in [-0.2, 0) is 0 Å². The number of aryl methyl sites for hydroxylation is 2. The Bertz CT molecular complexity index is 305. The molecule has 0 aliphatic rings. The molecule has 0 amide bonds. The third-order valence-electron chi connectivity index (χ3n) is 2.69. The summed E-state index contributed by atoms with van der Waals surface area (Å²) in [5.41, 5.74) is 8.28. The first-order valence-corrected chi connectivity index (χ1v) is 5.47. The van der Waals surface area contributed by atoms with Crippen LogP contribution >= 0.6 is 0 Å². The topological polar surface area (TPSA) is 35.2 Å². The standard InChI is InChI=1S/C13H21NO.HI/c1-9(2)12(14)8-15-13-10(3)6-5-7-11(13)4;/h5-7,9,12H,8,14H2,1-4H3;1H/p-1. The zero-order valence-electron chi connectivity index (χ0n) is 10.5. The van der Waals surface area contributed by atoms with E-state index in [0.29, 0.717) is 12.5 Å². The molecule has 2 N–H and O–H groups in total. The Morgan fingerprint density at radius 2 is 1.69 bits per heavy atom. The van der Waals surface area contributed by atoms with Crippen molar-refractivity contribution in [3.63, 3.8) is 0 Å². The lowest BCUT2D eigenvalue weighted by atomic mass is 10.1. The smallest absolute Gasteiger partial charge is 0.125 e. The third-order valence-corrected chi connectivity index (χ3v) is 2.69. The van der Waals surface area contributed by atoms with Crippen LogP contribution in [0.15, 0.2) is 18.2 Å². The van der Waals surface area contributed by atoms with E-state index in [1.165, 1.54) is 11.1 Å². The van der Waals surface area contributed by atoms with Crippen LogP contribution in [-0.4, -0.2) is 12.6 Å². The molecule has 0 aliphatic heterocycles. The second-order valence-corrected chi connectivity index (χ2v) is 4.44. The van der Waals surface area contributed by atoms with Crippen molar-refractivity contribution < 1.29 is 28.7 Å². The number of rotatable bonds is 4. The quantitative estimate of drug-likeness (QED) is 0.766. The molecule has 16 heavy (non-hydrogen) atoms. The number of benzene rings is 1. The Hall–Kier alpha value is -0.290. The predicted octanol–water partition coefficient (Wildman–Crippen LogP) is -0.330. The van der Waals surface area contributed by atoms with Gasteiger partial charge in [-0.25, -0.2) is 0 Å². The van der Waals surface area contributed by atoms with Gasteiger partial charge >= 0.3 is 0 Å². The zero-order chi connectivity index (χ0) is 11.4. The van der Waals surface area contributed by atoms with Crippen molar-refractivity contribution in [1.29, 1.82) is 0 Å². The molecule has 0 fully saturated rings. The number of hydrogen-bond donors (Lipinski definition) is 1. The van der Waals surface area contributed by atoms with Crippen LogP contribution in [0.4, 0.5) is 0 Å². The summed E-state index contributed by atoms with van der Waals surface area (Å²) in [7, 11) is 0. The molecule has 3 heteroatoms. The first-order chi connectivity index (χ1) is 7.02. The third kappa shape index (κ3) is 4.29. The van der Waals surface area contributed by atoms with Crippen LogP contribution in [0, 0.1) is 19.8 Å². The van der Waals surface area contributed by atoms with Gasteiger partial charge in [0.05, 0.1) is 0 Å². The Kier molecular flexibility index (Phi) is 6.99. The molecule has 0 saturated heterocycles. The molecule has 0 saturated carbocycles. The van der Waals surface area contributed by atoms with Gasteiger partial charge < -0.3 is 34.4 Å². The molecule has 1 unspecified atom stereocenters. The van der Waals surface area contributed by atoms with Crippen LogP contribution in [0.3, 0.4) is 0 Å². The zero-order valence-corrected chi connectivity index (χ0v) is 12.6. The highest BCUT2D eigenvalue weighted by Crippen LogP contribution is 2.22. The molecule has 0 bridgehead atoms. The minimum Gasteiger partial charge on any atom is -1.00 e. The summed E-state index contributed by atoms with van der Waals surface area (Å²) < 4.78 is 5.77. The lowest BCUT2D eigenvalue weighted by Gasteiger charge is -2.18. The van der Waals surface area contributed by atoms with Gasteiger partial charge in [0.25, 0.3) is 0 Å². The molecule has 2 nitrogen and oxygen atoms in total. The van der Waals surface area contributed by atoms with E-state index in [2.05, 4.69) is 39.8 Å². The fourth-order valence-corrected chi connectivity index (χ4v) is 1.40. The van der Waals surface area contributed by atoms with Gasteiger partial charge in [-0.2, -0.15) is 0 Å². The number of nitrogens with two attached hydrogens (primary N) is 1. The van der Waals surface area contributed by atoms with Gasteiger partial charge in [-0.3, -0.25) is 0 Å². The van der Waals surface area contributed by atoms with Crippen molar-refractivity contribution in [3.8, 4) is 5.75 Å². The number of halogens is 1. The lowest BCUT2D eigenvalue weighted by Crippen LogP contribution is -3.00. The highest BCUT2D eigenvalue weighted by atomic mass is 127. The van der Waals surface area contributed by atoms with E-state index >= 15 is 0 Å². The summed E-state index contributed by atoms with van der Waals surface area (Å²) in [6, 6.07) is 6.26. The van der Waals surface area contributed by atoms with Gasteiger partial charge in [-0.05, 0) is 30.9 Å². The maximum Gasteiger partial charge on any atom is 0.125 e. The van der Waals surface area contributed by atoms with Crippen molar-refractivity contribution in [2.45, 2.75) is 33.7 Å². The first kappa shape index (κ1) is 15.7. The monoisotopic (exact) mass is 334 g/mol. The highest BCUT2D eigenvalue weighted by Gasteiger charge is 2.10. The van der Waals surface area contributed by atoms with Gasteiger partial charge in [0.15, 0.2) is 0 Å². The van der Waals surface area contributed by atoms with E-state index in [1.807, 2.05) is 6.07 Å². The molecule has 1 rings (SSSR count). The first-order valence-electron chi connectivity index (χ1n) is 5.47. The van der Waals surface area contributed by atoms with Crippen LogP contribution in [0.1, 0.15) is 25.0 Å². The van der Waals surface area contributed by atoms with Crippen LogP contribution in [0.25, 0.3) is 0 Å². The van der Waals surface area contributed by atoms with Crippen LogP contribution in [0.2, 0.25) is 0 Å². The number of para-hydroxylation sites is 1. The Morgan fingerprint density at radius 1 is 1.19 bits per heavy atom. The number of hydrogen-bond acceptors (Lipinski definition) is 2. The highest BCUT2D eigenvalue weighted by molar-refractivity contribution is 5.39. The van der Waals surface area contributed by atoms with E-state index in [-0.39, 0.29) is 30.0 Å². The normalized spacial score (nSPS) is 12.1. The summed E-state index contributed by atoms with van der Waals surface area (Å²) >= 11 is 0. The van der Waals surface area contributed by atoms with E-state index in [0.717, 1.165) is 5.75 Å². The predicted molar refractivity (Wildman–Crippen MR) is 64.2 cm³/mol. The van der Waals surface area contributed by atoms with E-state index in [9.17, 15) is 0 Å². The average Bonchev–Trinajstić information content (AvgIpc) is 2.16. The second kappa shape index (κ2) is 7.12. The molecule has 0 spiro atoms. The van der Waals surface area contributed by atoms with Crippen molar-refractivity contribution in [2.24, 2.45) is 11.7 Å². The van der Waals surface area contributed by atoms with Crippen molar-refractivity contribution >= 4 is 0 Å². The van der Waals surface area contributed by atoms with Gasteiger partial charge in [-0.15, -0.1) is 0 Å². The molecule has 0 aromatic heterocycles. The molecule has 1 atom stereocenters. The van der Waals surface area contributed by atoms with Crippen molar-refractivity contribution in [2.75, 3.05) is 6.61 Å². The van der Waals surface area contributed by atoms with Crippen molar-refractivity contribution in [3.05, 3.63) is 29.3 Å². The molecular formula is C13H21INO-. The SMILES string of the molecule is Cc1cccc(C)c1OCC(N)C(C)C.[I-]. The molecule has 0 aliphatic carbocycles. The Labute approximate surface area is 116 Å². The minimum atomic E-state index is 0. The van der Waals surface area contributed by atoms with Gasteiger partial charge in [-0.1, -0.05) is 32.0 Å². The minimum absolute atomic E-state index is 0. The molecule has 0 heterocycles. The maximum atomic E-state index is 5.94. The van der Waals surface area contributed by atoms with E-state index in [1.54, 1.807) is 0 Å². The van der Waals surface area contributed by atoms with Crippen molar-refractivity contribution in [1.82, 2.24) is 0 Å². The van der Waals surface area contributed by atoms with Crippen LogP contribution < -0.4 is 34.4 Å². The fraction of sp³-hybridized carbons (Fsp3) is 0.538. The lowest BCUT2D eigenvalue weighted by molar-refractivity contribution is -0.00000383. The van der Waals surface area contributed by atoms with E-state index in [4.69, 9.17) is 10.5 Å². The second-order valence-electron chi connectivity index (χ2n) is 4.44. The summed E-state index contributed by atoms with van der Waals surface area (Å²) in [5, 5.41) is 0. The molecule has 0 radical (unpaired) electrons. The van der Waals surface area contributed by atoms with E-state index < -0.39 is 0 Å². The Balaban J connectivity index is 0.00000225. The Morgan fingerprint density at radius 3 is 2.12 bits per heavy atom. The summed E-state index contributed by atoms with van der Waals surface area (Å²) in [6.07, 6.45) is 0. The van der Waals surface area contributed by atoms with Gasteiger partial charge in [0, 0.05) is 6.04 Å². The fourth-order valence-electron chi connectivity index (χ4n) is 1.40. The van der Waals surface area contributed by atoms with Gasteiger partial charge in [0.1, 0.15) is 12.4 Å². The summed E-state index contributed by atoms with van der Waals surface area (Å²) in [6.45, 7) is 8.92. The molecule has 1 aromatic rings. The average molecular weight is 334 g/mol. The molecule has 92 valence electrons. The number of ether oxygens (including phenoxy) is 1.